The predicted molar refractivity (Wildman–Crippen MR) is 121 cm³/mol. The van der Waals surface area contributed by atoms with E-state index < -0.39 is 0 Å². The zero-order valence-corrected chi connectivity index (χ0v) is 18.8. The molecule has 3 rings (SSSR count). The minimum Gasteiger partial charge on any atom is -0.495 e. The second-order valence-electron chi connectivity index (χ2n) is 6.56. The van der Waals surface area contributed by atoms with Crippen LogP contribution in [0.5, 0.6) is 11.5 Å². The fourth-order valence-electron chi connectivity index (χ4n) is 2.66. The molecule has 0 saturated carbocycles. The molecular formula is C21H21ClN4O4S. The van der Waals surface area contributed by atoms with Gasteiger partial charge in [0.15, 0.2) is 0 Å². The van der Waals surface area contributed by atoms with E-state index in [1.165, 1.54) is 14.2 Å². The number of carbonyl (C=O) groups is 2. The van der Waals surface area contributed by atoms with Gasteiger partial charge in [0, 0.05) is 24.6 Å². The lowest BCUT2D eigenvalue weighted by atomic mass is 10.2. The third-order valence-electron chi connectivity index (χ3n) is 4.28. The van der Waals surface area contributed by atoms with Gasteiger partial charge in [0.2, 0.25) is 10.9 Å². The largest absolute Gasteiger partial charge is 0.495 e. The van der Waals surface area contributed by atoms with Crippen molar-refractivity contribution in [2.75, 3.05) is 24.9 Å². The first kappa shape index (κ1) is 22.5. The maximum Gasteiger partial charge on any atom is 0.286 e. The number of anilines is 2. The second kappa shape index (κ2) is 10.2. The second-order valence-corrected chi connectivity index (χ2v) is 8.03. The number of halogens is 1. The van der Waals surface area contributed by atoms with Crippen LogP contribution >= 0.6 is 22.9 Å². The van der Waals surface area contributed by atoms with E-state index >= 15 is 0 Å². The molecule has 0 aliphatic heterocycles. The molecule has 2 aromatic carbocycles. The average molecular weight is 461 g/mol. The molecular weight excluding hydrogens is 440 g/mol. The summed E-state index contributed by atoms with van der Waals surface area (Å²) in [5.74, 6) is 0.289. The van der Waals surface area contributed by atoms with Gasteiger partial charge in [0.25, 0.3) is 5.91 Å². The van der Waals surface area contributed by atoms with E-state index in [0.29, 0.717) is 39.3 Å². The lowest BCUT2D eigenvalue weighted by molar-refractivity contribution is -0.116. The first-order valence-corrected chi connectivity index (χ1v) is 10.5. The van der Waals surface area contributed by atoms with E-state index in [2.05, 4.69) is 20.8 Å². The number of amides is 2. The van der Waals surface area contributed by atoms with Crippen molar-refractivity contribution in [3.8, 4) is 11.5 Å². The van der Waals surface area contributed by atoms with Gasteiger partial charge in [-0.05, 0) is 25.1 Å². The van der Waals surface area contributed by atoms with Gasteiger partial charge in [-0.25, -0.2) is 0 Å². The molecule has 0 fully saturated rings. The van der Waals surface area contributed by atoms with E-state index in [-0.39, 0.29) is 23.2 Å². The highest BCUT2D eigenvalue weighted by Gasteiger charge is 2.16. The van der Waals surface area contributed by atoms with E-state index in [1.54, 1.807) is 12.1 Å². The van der Waals surface area contributed by atoms with Crippen LogP contribution in [0.15, 0.2) is 36.4 Å². The Morgan fingerprint density at radius 3 is 2.42 bits per heavy atom. The normalized spacial score (nSPS) is 10.5. The number of aryl methyl sites for hydroxylation is 2. The maximum absolute atomic E-state index is 12.4. The van der Waals surface area contributed by atoms with Crippen LogP contribution in [0.1, 0.15) is 26.8 Å². The van der Waals surface area contributed by atoms with E-state index in [9.17, 15) is 9.59 Å². The molecule has 1 aromatic heterocycles. The van der Waals surface area contributed by atoms with Crippen molar-refractivity contribution in [2.24, 2.45) is 0 Å². The molecule has 0 aliphatic carbocycles. The van der Waals surface area contributed by atoms with Crippen LogP contribution in [-0.4, -0.2) is 36.2 Å². The number of ether oxygens (including phenoxy) is 2. The third-order valence-corrected chi connectivity index (χ3v) is 5.56. The zero-order valence-electron chi connectivity index (χ0n) is 17.2. The molecule has 2 N–H and O–H groups in total. The number of rotatable bonds is 8. The van der Waals surface area contributed by atoms with Crippen LogP contribution in [0, 0.1) is 6.92 Å². The van der Waals surface area contributed by atoms with Crippen LogP contribution in [0.4, 0.5) is 11.4 Å². The summed E-state index contributed by atoms with van der Waals surface area (Å²) in [4.78, 5) is 24.7. The molecule has 0 aliphatic rings. The Labute approximate surface area is 188 Å². The molecule has 0 radical (unpaired) electrons. The van der Waals surface area contributed by atoms with Crippen LogP contribution in [0.25, 0.3) is 0 Å². The Morgan fingerprint density at radius 2 is 1.74 bits per heavy atom. The topological polar surface area (TPSA) is 102 Å². The Kier molecular flexibility index (Phi) is 7.43. The molecule has 0 atom stereocenters. The molecule has 0 saturated heterocycles. The first-order chi connectivity index (χ1) is 14.9. The predicted octanol–water partition coefficient (Wildman–Crippen LogP) is 4.34. The molecule has 0 unspecified atom stereocenters. The van der Waals surface area contributed by atoms with Gasteiger partial charge >= 0.3 is 0 Å². The van der Waals surface area contributed by atoms with Gasteiger partial charge in [0.05, 0.1) is 24.9 Å². The summed E-state index contributed by atoms with van der Waals surface area (Å²) in [6.45, 7) is 1.97. The van der Waals surface area contributed by atoms with Gasteiger partial charge in [0.1, 0.15) is 16.5 Å². The van der Waals surface area contributed by atoms with Gasteiger partial charge in [-0.1, -0.05) is 40.6 Å². The molecule has 0 bridgehead atoms. The number of carbonyl (C=O) groups excluding carboxylic acids is 2. The number of benzene rings is 2. The van der Waals surface area contributed by atoms with Crippen LogP contribution in [0.3, 0.4) is 0 Å². The van der Waals surface area contributed by atoms with Crippen molar-refractivity contribution in [2.45, 2.75) is 19.8 Å². The van der Waals surface area contributed by atoms with Crippen molar-refractivity contribution in [3.05, 3.63) is 57.0 Å². The average Bonchev–Trinajstić information content (AvgIpc) is 3.23. The van der Waals surface area contributed by atoms with Gasteiger partial charge in [-0.3, -0.25) is 9.59 Å². The van der Waals surface area contributed by atoms with Crippen LogP contribution in [-0.2, 0) is 11.2 Å². The Bertz CT molecular complexity index is 1090. The fraction of sp³-hybridized carbons (Fsp3) is 0.238. The summed E-state index contributed by atoms with van der Waals surface area (Å²) < 4.78 is 10.4. The minimum absolute atomic E-state index is 0.154. The summed E-state index contributed by atoms with van der Waals surface area (Å²) in [6.07, 6.45) is 0.495. The van der Waals surface area contributed by atoms with Gasteiger partial charge < -0.3 is 20.1 Å². The van der Waals surface area contributed by atoms with Crippen LogP contribution < -0.4 is 20.1 Å². The van der Waals surface area contributed by atoms with Crippen molar-refractivity contribution < 1.29 is 19.1 Å². The smallest absolute Gasteiger partial charge is 0.286 e. The number of aromatic nitrogens is 2. The molecule has 0 spiro atoms. The molecule has 162 valence electrons. The standard InChI is InChI=1S/C21H21ClN4O4S/c1-12-4-6-13(7-5-12)23-20(28)21-26-25-19(31-21)9-8-18(27)24-15-10-14(22)16(29-2)11-17(15)30-3/h4-7,10-11H,8-9H2,1-3H3,(H,23,28)(H,24,27). The van der Waals surface area contributed by atoms with Crippen molar-refractivity contribution >= 4 is 46.1 Å². The highest BCUT2D eigenvalue weighted by molar-refractivity contribution is 7.13. The number of methoxy groups -OCH3 is 2. The summed E-state index contributed by atoms with van der Waals surface area (Å²) in [6, 6.07) is 10.6. The quantitative estimate of drug-likeness (QED) is 0.518. The highest BCUT2D eigenvalue weighted by Crippen LogP contribution is 2.36. The molecule has 31 heavy (non-hydrogen) atoms. The number of hydrogen-bond acceptors (Lipinski definition) is 7. The molecule has 8 nitrogen and oxygen atoms in total. The summed E-state index contributed by atoms with van der Waals surface area (Å²) in [7, 11) is 2.99. The summed E-state index contributed by atoms with van der Waals surface area (Å²) in [5.41, 5.74) is 2.22. The van der Waals surface area contributed by atoms with Gasteiger partial charge in [-0.2, -0.15) is 0 Å². The van der Waals surface area contributed by atoms with E-state index in [4.69, 9.17) is 21.1 Å². The maximum atomic E-state index is 12.4. The van der Waals surface area contributed by atoms with E-state index in [0.717, 1.165) is 16.9 Å². The molecule has 1 heterocycles. The first-order valence-electron chi connectivity index (χ1n) is 9.31. The lowest BCUT2D eigenvalue weighted by Gasteiger charge is -2.12. The number of nitrogens with zero attached hydrogens (tertiary/aromatic N) is 2. The van der Waals surface area contributed by atoms with Crippen molar-refractivity contribution in [3.63, 3.8) is 0 Å². The van der Waals surface area contributed by atoms with E-state index in [1.807, 2.05) is 31.2 Å². The number of nitrogens with one attached hydrogen (secondary N) is 2. The Balaban J connectivity index is 1.56. The monoisotopic (exact) mass is 460 g/mol. The zero-order chi connectivity index (χ0) is 22.4. The van der Waals surface area contributed by atoms with Crippen molar-refractivity contribution in [1.82, 2.24) is 10.2 Å². The highest BCUT2D eigenvalue weighted by atomic mass is 35.5. The fourth-order valence-corrected chi connectivity index (χ4v) is 3.63. The minimum atomic E-state index is -0.338. The number of hydrogen-bond donors (Lipinski definition) is 2. The molecule has 2 amide bonds. The lowest BCUT2D eigenvalue weighted by Crippen LogP contribution is -2.13. The summed E-state index contributed by atoms with van der Waals surface area (Å²) >= 11 is 7.28. The molecule has 10 heteroatoms. The summed E-state index contributed by atoms with van der Waals surface area (Å²) in [5, 5.41) is 14.6. The van der Waals surface area contributed by atoms with Crippen LogP contribution in [0.2, 0.25) is 5.02 Å². The Hall–Kier alpha value is -3.17. The SMILES string of the molecule is COc1cc(OC)c(NC(=O)CCc2nnc(C(=O)Nc3ccc(C)cc3)s2)cc1Cl. The third kappa shape index (κ3) is 5.93. The van der Waals surface area contributed by atoms with Gasteiger partial charge in [-0.15, -0.1) is 10.2 Å². The van der Waals surface area contributed by atoms with Crippen molar-refractivity contribution in [1.29, 1.82) is 0 Å². The molecule has 3 aromatic rings. The Morgan fingerprint density at radius 1 is 1.03 bits per heavy atom.